The fourth-order valence-corrected chi connectivity index (χ4v) is 2.95. The molecule has 0 bridgehead atoms. The second-order valence-electron chi connectivity index (χ2n) is 5.51. The fourth-order valence-electron chi connectivity index (χ4n) is 2.95. The van der Waals surface area contributed by atoms with E-state index in [1.165, 1.54) is 24.9 Å². The largest absolute Gasteiger partial charge is 0.297 e. The number of hydrogen-bond donors (Lipinski definition) is 0. The number of nitrogens with zero attached hydrogens (tertiary/aromatic N) is 4. The Kier molecular flexibility index (Phi) is 4.33. The van der Waals surface area contributed by atoms with Crippen LogP contribution in [-0.2, 0) is 13.0 Å². The first-order valence-corrected chi connectivity index (χ1v) is 7.26. The summed E-state index contributed by atoms with van der Waals surface area (Å²) in [6.45, 7) is 3.23. The molecule has 4 nitrogen and oxygen atoms in total. The van der Waals surface area contributed by atoms with Gasteiger partial charge in [0.25, 0.3) is 0 Å². The molecule has 2 aromatic rings. The average Bonchev–Trinajstić information content (AvgIpc) is 2.50. The molecule has 1 atom stereocenters. The monoisotopic (exact) mass is 268 g/mol. The minimum Gasteiger partial charge on any atom is -0.297 e. The van der Waals surface area contributed by atoms with Crippen molar-refractivity contribution in [2.75, 3.05) is 13.1 Å². The molecule has 0 N–H and O–H groups in total. The van der Waals surface area contributed by atoms with Crippen LogP contribution in [0, 0.1) is 5.92 Å². The van der Waals surface area contributed by atoms with E-state index < -0.39 is 0 Å². The topological polar surface area (TPSA) is 41.9 Å². The van der Waals surface area contributed by atoms with Crippen molar-refractivity contribution in [3.63, 3.8) is 0 Å². The number of aromatic nitrogens is 3. The maximum absolute atomic E-state index is 4.37. The van der Waals surface area contributed by atoms with Crippen molar-refractivity contribution in [2.24, 2.45) is 5.92 Å². The molecule has 0 saturated carbocycles. The van der Waals surface area contributed by atoms with E-state index in [0.29, 0.717) is 0 Å². The van der Waals surface area contributed by atoms with Crippen molar-refractivity contribution in [1.29, 1.82) is 0 Å². The summed E-state index contributed by atoms with van der Waals surface area (Å²) in [6.07, 6.45) is 12.9. The molecule has 0 amide bonds. The number of pyridine rings is 1. The third kappa shape index (κ3) is 3.61. The van der Waals surface area contributed by atoms with Crippen LogP contribution in [-0.4, -0.2) is 32.9 Å². The van der Waals surface area contributed by atoms with Crippen molar-refractivity contribution in [3.05, 3.63) is 54.4 Å². The Labute approximate surface area is 119 Å². The van der Waals surface area contributed by atoms with E-state index in [1.807, 2.05) is 24.7 Å². The van der Waals surface area contributed by atoms with Gasteiger partial charge in [-0.15, -0.1) is 0 Å². The lowest BCUT2D eigenvalue weighted by molar-refractivity contribution is 0.165. The van der Waals surface area contributed by atoms with Crippen LogP contribution in [0.1, 0.15) is 24.1 Å². The number of likely N-dealkylation sites (tertiary alicyclic amines) is 1. The number of hydrogen-bond acceptors (Lipinski definition) is 4. The molecule has 0 spiro atoms. The summed E-state index contributed by atoms with van der Waals surface area (Å²) in [7, 11) is 0. The summed E-state index contributed by atoms with van der Waals surface area (Å²) in [5, 5.41) is 0. The normalized spacial score (nSPS) is 19.9. The van der Waals surface area contributed by atoms with Gasteiger partial charge in [0.1, 0.15) is 0 Å². The van der Waals surface area contributed by atoms with Gasteiger partial charge in [-0.1, -0.05) is 6.07 Å². The minimum atomic E-state index is 0.727. The van der Waals surface area contributed by atoms with Crippen LogP contribution in [0.25, 0.3) is 0 Å². The summed E-state index contributed by atoms with van der Waals surface area (Å²) < 4.78 is 0. The Morgan fingerprint density at radius 3 is 2.90 bits per heavy atom. The van der Waals surface area contributed by atoms with E-state index in [2.05, 4.69) is 25.9 Å². The van der Waals surface area contributed by atoms with E-state index in [-0.39, 0.29) is 0 Å². The van der Waals surface area contributed by atoms with Crippen LogP contribution < -0.4 is 0 Å². The molecule has 0 radical (unpaired) electrons. The van der Waals surface area contributed by atoms with Gasteiger partial charge < -0.3 is 0 Å². The van der Waals surface area contributed by atoms with Crippen molar-refractivity contribution in [3.8, 4) is 0 Å². The van der Waals surface area contributed by atoms with E-state index >= 15 is 0 Å². The Hall–Kier alpha value is -1.81. The summed E-state index contributed by atoms with van der Waals surface area (Å²) in [5.74, 6) is 0.727. The first kappa shape index (κ1) is 13.2. The van der Waals surface area contributed by atoms with Crippen molar-refractivity contribution >= 4 is 0 Å². The summed E-state index contributed by atoms with van der Waals surface area (Å²) in [4.78, 5) is 15.2. The zero-order valence-corrected chi connectivity index (χ0v) is 11.7. The molecule has 0 unspecified atom stereocenters. The van der Waals surface area contributed by atoms with Crippen molar-refractivity contribution in [1.82, 2.24) is 19.9 Å². The zero-order valence-electron chi connectivity index (χ0n) is 11.7. The molecule has 1 saturated heterocycles. The van der Waals surface area contributed by atoms with Gasteiger partial charge in [0.2, 0.25) is 0 Å². The highest BCUT2D eigenvalue weighted by Gasteiger charge is 2.20. The maximum Gasteiger partial charge on any atom is 0.0726 e. The highest BCUT2D eigenvalue weighted by Crippen LogP contribution is 2.21. The smallest absolute Gasteiger partial charge is 0.0726 e. The van der Waals surface area contributed by atoms with Gasteiger partial charge >= 0.3 is 0 Å². The quantitative estimate of drug-likeness (QED) is 0.853. The molecule has 1 aliphatic heterocycles. The van der Waals surface area contributed by atoms with Crippen LogP contribution in [0.4, 0.5) is 0 Å². The Morgan fingerprint density at radius 2 is 2.10 bits per heavy atom. The average molecular weight is 268 g/mol. The van der Waals surface area contributed by atoms with Gasteiger partial charge in [-0.25, -0.2) is 0 Å². The minimum absolute atomic E-state index is 0.727. The molecule has 0 aliphatic carbocycles. The highest BCUT2D eigenvalue weighted by molar-refractivity contribution is 5.09. The summed E-state index contributed by atoms with van der Waals surface area (Å²) >= 11 is 0. The fraction of sp³-hybridized carbons (Fsp3) is 0.438. The lowest BCUT2D eigenvalue weighted by Gasteiger charge is -2.32. The second-order valence-corrected chi connectivity index (χ2v) is 5.51. The SMILES string of the molecule is c1cncc(C[C@H]2CCCN(Cc3cnccn3)C2)c1. The third-order valence-electron chi connectivity index (χ3n) is 3.85. The molecular formula is C16H20N4. The van der Waals surface area contributed by atoms with E-state index in [9.17, 15) is 0 Å². The standard InChI is InChI=1S/C16H20N4/c1-3-14(10-17-5-1)9-15-4-2-8-20(12-15)13-16-11-18-6-7-19-16/h1,3,5-7,10-11,15H,2,4,8-9,12-13H2/t15-/m1/s1. The molecule has 0 aromatic carbocycles. The highest BCUT2D eigenvalue weighted by atomic mass is 15.1. The Morgan fingerprint density at radius 1 is 1.15 bits per heavy atom. The Balaban J connectivity index is 1.57. The van der Waals surface area contributed by atoms with Crippen LogP contribution in [0.15, 0.2) is 43.1 Å². The summed E-state index contributed by atoms with van der Waals surface area (Å²) in [5.41, 5.74) is 2.41. The van der Waals surface area contributed by atoms with Crippen LogP contribution in [0.2, 0.25) is 0 Å². The number of piperidine rings is 1. The molecule has 2 aromatic heterocycles. The van der Waals surface area contributed by atoms with Crippen molar-refractivity contribution in [2.45, 2.75) is 25.8 Å². The summed E-state index contributed by atoms with van der Waals surface area (Å²) in [6, 6.07) is 4.20. The predicted octanol–water partition coefficient (Wildman–Crippen LogP) is 2.33. The van der Waals surface area contributed by atoms with E-state index in [4.69, 9.17) is 0 Å². The lowest BCUT2D eigenvalue weighted by Crippen LogP contribution is -2.36. The van der Waals surface area contributed by atoms with Crippen molar-refractivity contribution < 1.29 is 0 Å². The molecule has 3 rings (SSSR count). The zero-order chi connectivity index (χ0) is 13.6. The molecule has 104 valence electrons. The predicted molar refractivity (Wildman–Crippen MR) is 78.0 cm³/mol. The maximum atomic E-state index is 4.37. The molecule has 1 fully saturated rings. The van der Waals surface area contributed by atoms with Crippen LogP contribution >= 0.6 is 0 Å². The second kappa shape index (κ2) is 6.57. The van der Waals surface area contributed by atoms with Gasteiger partial charge in [-0.05, 0) is 43.4 Å². The van der Waals surface area contributed by atoms with Crippen LogP contribution in [0.5, 0.6) is 0 Å². The van der Waals surface area contributed by atoms with Gasteiger partial charge in [0.15, 0.2) is 0 Å². The first-order chi connectivity index (χ1) is 9.90. The first-order valence-electron chi connectivity index (χ1n) is 7.26. The third-order valence-corrected chi connectivity index (χ3v) is 3.85. The van der Waals surface area contributed by atoms with Gasteiger partial charge in [0, 0.05) is 44.1 Å². The van der Waals surface area contributed by atoms with Gasteiger partial charge in [-0.2, -0.15) is 0 Å². The van der Waals surface area contributed by atoms with Crippen LogP contribution in [0.3, 0.4) is 0 Å². The van der Waals surface area contributed by atoms with E-state index in [0.717, 1.165) is 31.1 Å². The van der Waals surface area contributed by atoms with Gasteiger partial charge in [-0.3, -0.25) is 19.9 Å². The lowest BCUT2D eigenvalue weighted by atomic mass is 9.92. The van der Waals surface area contributed by atoms with E-state index in [1.54, 1.807) is 12.4 Å². The molecular weight excluding hydrogens is 248 g/mol. The molecule has 4 heteroatoms. The Bertz CT molecular complexity index is 467. The molecule has 3 heterocycles. The number of rotatable bonds is 4. The molecule has 20 heavy (non-hydrogen) atoms. The molecule has 1 aliphatic rings. The van der Waals surface area contributed by atoms with Gasteiger partial charge in [0.05, 0.1) is 5.69 Å².